The molecule has 1 heterocycles. The predicted molar refractivity (Wildman–Crippen MR) is 90.1 cm³/mol. The number of halogens is 1. The average molecular weight is 329 g/mol. The molecule has 1 unspecified atom stereocenters. The van der Waals surface area contributed by atoms with E-state index in [1.807, 2.05) is 11.0 Å². The number of ether oxygens (including phenoxy) is 1. The average Bonchev–Trinajstić information content (AvgIpc) is 2.55. The Bertz CT molecular complexity index is 760. The Kier molecular flexibility index (Phi) is 4.42. The molecular formula is C19H20FNO3. The second-order valence-corrected chi connectivity index (χ2v) is 6.40. The molecule has 4 nitrogen and oxygen atoms in total. The van der Waals surface area contributed by atoms with Crippen molar-refractivity contribution in [3.05, 3.63) is 59.4 Å². The molecule has 0 amide bonds. The van der Waals surface area contributed by atoms with Gasteiger partial charge in [0, 0.05) is 12.6 Å². The van der Waals surface area contributed by atoms with Crippen molar-refractivity contribution >= 4 is 11.7 Å². The number of benzene rings is 2. The second kappa shape index (κ2) is 6.51. The van der Waals surface area contributed by atoms with Gasteiger partial charge in [-0.15, -0.1) is 0 Å². The van der Waals surface area contributed by atoms with Crippen molar-refractivity contribution in [3.8, 4) is 5.75 Å². The third kappa shape index (κ3) is 3.35. The van der Waals surface area contributed by atoms with Gasteiger partial charge < -0.3 is 14.7 Å². The maximum Gasteiger partial charge on any atom is 0.335 e. The van der Waals surface area contributed by atoms with Crippen LogP contribution in [0.15, 0.2) is 42.5 Å². The molecule has 5 heteroatoms. The first-order chi connectivity index (χ1) is 11.4. The normalized spacial score (nSPS) is 16.7. The minimum absolute atomic E-state index is 0.00520. The number of hydrogen-bond donors (Lipinski definition) is 1. The molecule has 0 bridgehead atoms. The van der Waals surface area contributed by atoms with E-state index < -0.39 is 5.97 Å². The van der Waals surface area contributed by atoms with Gasteiger partial charge >= 0.3 is 5.97 Å². The van der Waals surface area contributed by atoms with Crippen LogP contribution >= 0.6 is 0 Å². The molecule has 24 heavy (non-hydrogen) atoms. The number of rotatable bonds is 4. The molecule has 0 spiro atoms. The lowest BCUT2D eigenvalue weighted by atomic mass is 10.0. The summed E-state index contributed by atoms with van der Waals surface area (Å²) in [5.41, 5.74) is 1.82. The van der Waals surface area contributed by atoms with Crippen LogP contribution in [0.25, 0.3) is 0 Å². The number of aromatic carboxylic acids is 1. The Labute approximate surface area is 140 Å². The van der Waals surface area contributed by atoms with Crippen LogP contribution in [0.1, 0.15) is 29.8 Å². The zero-order valence-corrected chi connectivity index (χ0v) is 13.7. The summed E-state index contributed by atoms with van der Waals surface area (Å²) in [6.07, 6.45) is 0.00520. The molecule has 2 aromatic rings. The van der Waals surface area contributed by atoms with E-state index in [0.717, 1.165) is 5.56 Å². The van der Waals surface area contributed by atoms with E-state index in [9.17, 15) is 9.18 Å². The molecule has 1 aliphatic rings. The molecule has 0 radical (unpaired) electrons. The van der Waals surface area contributed by atoms with Crippen LogP contribution in [-0.4, -0.2) is 23.7 Å². The van der Waals surface area contributed by atoms with Gasteiger partial charge in [0.05, 0.1) is 17.8 Å². The first-order valence-corrected chi connectivity index (χ1v) is 7.97. The zero-order valence-electron chi connectivity index (χ0n) is 13.7. The highest BCUT2D eigenvalue weighted by atomic mass is 19.1. The highest BCUT2D eigenvalue weighted by Gasteiger charge is 2.28. The van der Waals surface area contributed by atoms with Crippen molar-refractivity contribution in [1.29, 1.82) is 0 Å². The summed E-state index contributed by atoms with van der Waals surface area (Å²) in [5.74, 6) is -0.290. The van der Waals surface area contributed by atoms with Crippen LogP contribution in [0.5, 0.6) is 5.75 Å². The number of fused-ring (bicyclic) bond motifs is 1. The van der Waals surface area contributed by atoms with Crippen molar-refractivity contribution < 1.29 is 19.0 Å². The molecule has 0 aliphatic carbocycles. The number of carboxylic acids is 1. The minimum Gasteiger partial charge on any atom is -0.486 e. The third-order valence-electron chi connectivity index (χ3n) is 4.23. The van der Waals surface area contributed by atoms with Gasteiger partial charge in [0.15, 0.2) is 0 Å². The summed E-state index contributed by atoms with van der Waals surface area (Å²) in [4.78, 5) is 13.2. The lowest BCUT2D eigenvalue weighted by Crippen LogP contribution is -2.42. The molecule has 1 aliphatic heterocycles. The summed E-state index contributed by atoms with van der Waals surface area (Å²) in [6, 6.07) is 11.3. The Morgan fingerprint density at radius 3 is 2.83 bits per heavy atom. The predicted octanol–water partition coefficient (Wildman–Crippen LogP) is 3.95. The van der Waals surface area contributed by atoms with Crippen LogP contribution in [-0.2, 0) is 6.54 Å². The van der Waals surface area contributed by atoms with Gasteiger partial charge in [-0.2, -0.15) is 0 Å². The maximum atomic E-state index is 13.7. The molecule has 0 aromatic heterocycles. The fraction of sp³-hybridized carbons (Fsp3) is 0.316. The first kappa shape index (κ1) is 16.3. The van der Waals surface area contributed by atoms with Crippen LogP contribution in [0, 0.1) is 11.7 Å². The highest BCUT2D eigenvalue weighted by molar-refractivity contribution is 5.87. The molecule has 3 rings (SSSR count). The minimum atomic E-state index is -0.953. The quantitative estimate of drug-likeness (QED) is 0.923. The molecule has 1 atom stereocenters. The lowest BCUT2D eigenvalue weighted by molar-refractivity contribution is 0.0696. The van der Waals surface area contributed by atoms with E-state index >= 15 is 0 Å². The van der Waals surface area contributed by atoms with Gasteiger partial charge in [-0.3, -0.25) is 0 Å². The summed E-state index contributed by atoms with van der Waals surface area (Å²) in [7, 11) is 0. The number of carboxylic acid groups (broad SMARTS) is 1. The fourth-order valence-corrected chi connectivity index (χ4v) is 2.87. The van der Waals surface area contributed by atoms with Crippen LogP contribution in [0.3, 0.4) is 0 Å². The van der Waals surface area contributed by atoms with E-state index in [0.29, 0.717) is 30.4 Å². The molecule has 126 valence electrons. The van der Waals surface area contributed by atoms with Crippen molar-refractivity contribution in [2.45, 2.75) is 26.5 Å². The standard InChI is InChI=1S/C19H20FNO3/c1-12(2)18-11-21(16-9-15(20)6-7-17(16)24-18)10-13-4-3-5-14(8-13)19(22)23/h3-9,12,18H,10-11H2,1-2H3,(H,22,23). The SMILES string of the molecule is CC(C)C1CN(Cc2cccc(C(=O)O)c2)c2cc(F)ccc2O1. The van der Waals surface area contributed by atoms with Crippen molar-refractivity contribution in [3.63, 3.8) is 0 Å². The van der Waals surface area contributed by atoms with Gasteiger partial charge in [0.1, 0.15) is 17.7 Å². The number of hydrogen-bond acceptors (Lipinski definition) is 3. The van der Waals surface area contributed by atoms with Crippen molar-refractivity contribution in [2.75, 3.05) is 11.4 Å². The van der Waals surface area contributed by atoms with E-state index in [4.69, 9.17) is 9.84 Å². The Morgan fingerprint density at radius 1 is 1.33 bits per heavy atom. The molecule has 0 saturated heterocycles. The molecular weight excluding hydrogens is 309 g/mol. The van der Waals surface area contributed by atoms with Gasteiger partial charge in [-0.25, -0.2) is 9.18 Å². The Hall–Kier alpha value is -2.56. The molecule has 0 saturated carbocycles. The lowest BCUT2D eigenvalue weighted by Gasteiger charge is -2.38. The molecule has 2 aromatic carbocycles. The summed E-state index contributed by atoms with van der Waals surface area (Å²) >= 11 is 0. The largest absolute Gasteiger partial charge is 0.486 e. The second-order valence-electron chi connectivity index (χ2n) is 6.40. The monoisotopic (exact) mass is 329 g/mol. The van der Waals surface area contributed by atoms with Crippen molar-refractivity contribution in [1.82, 2.24) is 0 Å². The number of anilines is 1. The van der Waals surface area contributed by atoms with E-state index in [1.165, 1.54) is 12.1 Å². The van der Waals surface area contributed by atoms with E-state index in [2.05, 4.69) is 13.8 Å². The van der Waals surface area contributed by atoms with E-state index in [-0.39, 0.29) is 17.5 Å². The highest BCUT2D eigenvalue weighted by Crippen LogP contribution is 2.36. The maximum absolute atomic E-state index is 13.7. The molecule has 1 N–H and O–H groups in total. The van der Waals surface area contributed by atoms with Crippen LogP contribution in [0.4, 0.5) is 10.1 Å². The topological polar surface area (TPSA) is 49.8 Å². The van der Waals surface area contributed by atoms with Gasteiger partial charge in [0.25, 0.3) is 0 Å². The number of carbonyl (C=O) groups is 1. The fourth-order valence-electron chi connectivity index (χ4n) is 2.87. The zero-order chi connectivity index (χ0) is 17.3. The van der Waals surface area contributed by atoms with Crippen LogP contribution in [0.2, 0.25) is 0 Å². The summed E-state index contributed by atoms with van der Waals surface area (Å²) < 4.78 is 19.6. The first-order valence-electron chi connectivity index (χ1n) is 7.97. The summed E-state index contributed by atoms with van der Waals surface area (Å²) in [5, 5.41) is 9.14. The van der Waals surface area contributed by atoms with Crippen LogP contribution < -0.4 is 9.64 Å². The smallest absolute Gasteiger partial charge is 0.335 e. The van der Waals surface area contributed by atoms with Gasteiger partial charge in [0.2, 0.25) is 0 Å². The Morgan fingerprint density at radius 2 is 2.12 bits per heavy atom. The number of nitrogens with zero attached hydrogens (tertiary/aromatic N) is 1. The Balaban J connectivity index is 1.93. The molecule has 0 fully saturated rings. The van der Waals surface area contributed by atoms with Gasteiger partial charge in [-0.05, 0) is 35.7 Å². The summed E-state index contributed by atoms with van der Waals surface area (Å²) in [6.45, 7) is 5.31. The van der Waals surface area contributed by atoms with Crippen molar-refractivity contribution in [2.24, 2.45) is 5.92 Å². The third-order valence-corrected chi connectivity index (χ3v) is 4.23. The van der Waals surface area contributed by atoms with E-state index in [1.54, 1.807) is 24.3 Å². The van der Waals surface area contributed by atoms with Gasteiger partial charge in [-0.1, -0.05) is 26.0 Å².